The Hall–Kier alpha value is -1.09. The molecule has 0 saturated heterocycles. The lowest BCUT2D eigenvalue weighted by atomic mass is 10.1. The normalized spacial score (nSPS) is 12.5. The van der Waals surface area contributed by atoms with E-state index in [2.05, 4.69) is 12.2 Å². The van der Waals surface area contributed by atoms with Gasteiger partial charge in [0.1, 0.15) is 5.82 Å². The van der Waals surface area contributed by atoms with Crippen molar-refractivity contribution in [2.24, 2.45) is 11.7 Å². The van der Waals surface area contributed by atoms with Crippen molar-refractivity contribution in [2.75, 3.05) is 18.4 Å². The summed E-state index contributed by atoms with van der Waals surface area (Å²) in [5, 5.41) is 3.26. The van der Waals surface area contributed by atoms with Gasteiger partial charge >= 0.3 is 0 Å². The highest BCUT2D eigenvalue weighted by atomic mass is 19.1. The Morgan fingerprint density at radius 2 is 2.20 bits per heavy atom. The number of benzene rings is 1. The van der Waals surface area contributed by atoms with Crippen LogP contribution in [-0.2, 0) is 0 Å². The summed E-state index contributed by atoms with van der Waals surface area (Å²) in [5.41, 5.74) is 7.16. The van der Waals surface area contributed by atoms with Crippen LogP contribution in [0.25, 0.3) is 0 Å². The van der Waals surface area contributed by atoms with E-state index in [9.17, 15) is 4.39 Å². The van der Waals surface area contributed by atoms with Crippen LogP contribution >= 0.6 is 0 Å². The Morgan fingerprint density at radius 3 is 2.80 bits per heavy atom. The molecule has 0 saturated carbocycles. The summed E-state index contributed by atoms with van der Waals surface area (Å²) in [5.74, 6) is 0.370. The van der Waals surface area contributed by atoms with Gasteiger partial charge in [0, 0.05) is 12.2 Å². The van der Waals surface area contributed by atoms with Gasteiger partial charge < -0.3 is 11.1 Å². The van der Waals surface area contributed by atoms with Crippen molar-refractivity contribution in [1.82, 2.24) is 0 Å². The molecule has 1 aromatic rings. The van der Waals surface area contributed by atoms with Crippen LogP contribution in [0.3, 0.4) is 0 Å². The summed E-state index contributed by atoms with van der Waals surface area (Å²) in [7, 11) is 0. The molecular weight excluding hydrogens is 191 g/mol. The zero-order valence-electron chi connectivity index (χ0n) is 9.39. The first kappa shape index (κ1) is 12.0. The summed E-state index contributed by atoms with van der Waals surface area (Å²) >= 11 is 0. The summed E-state index contributed by atoms with van der Waals surface area (Å²) in [6.07, 6.45) is 1.03. The van der Waals surface area contributed by atoms with Crippen molar-refractivity contribution in [3.05, 3.63) is 29.6 Å². The number of nitrogens with one attached hydrogen (secondary N) is 1. The number of halogens is 1. The first-order chi connectivity index (χ1) is 7.13. The minimum absolute atomic E-state index is 0.157. The largest absolute Gasteiger partial charge is 0.385 e. The molecule has 1 atom stereocenters. The van der Waals surface area contributed by atoms with Crippen LogP contribution in [0.2, 0.25) is 0 Å². The van der Waals surface area contributed by atoms with Gasteiger partial charge in [-0.2, -0.15) is 0 Å². The molecule has 0 fully saturated rings. The van der Waals surface area contributed by atoms with Gasteiger partial charge in [0.05, 0.1) is 0 Å². The van der Waals surface area contributed by atoms with Gasteiger partial charge in [0.25, 0.3) is 0 Å². The molecule has 15 heavy (non-hydrogen) atoms. The molecule has 0 aliphatic heterocycles. The highest BCUT2D eigenvalue weighted by molar-refractivity contribution is 5.45. The molecule has 0 radical (unpaired) electrons. The van der Waals surface area contributed by atoms with Crippen molar-refractivity contribution in [3.63, 3.8) is 0 Å². The fourth-order valence-corrected chi connectivity index (χ4v) is 1.34. The van der Waals surface area contributed by atoms with Crippen LogP contribution < -0.4 is 11.1 Å². The van der Waals surface area contributed by atoms with E-state index >= 15 is 0 Å². The average molecular weight is 210 g/mol. The minimum Gasteiger partial charge on any atom is -0.385 e. The Balaban J connectivity index is 2.41. The molecule has 0 bridgehead atoms. The predicted octanol–water partition coefficient (Wildman–Crippen LogP) is 2.53. The Morgan fingerprint density at radius 1 is 1.47 bits per heavy atom. The van der Waals surface area contributed by atoms with E-state index in [1.54, 1.807) is 13.0 Å². The second kappa shape index (κ2) is 5.71. The van der Waals surface area contributed by atoms with E-state index in [0.29, 0.717) is 18.0 Å². The zero-order valence-corrected chi connectivity index (χ0v) is 9.39. The van der Waals surface area contributed by atoms with Crippen LogP contribution in [-0.4, -0.2) is 13.1 Å². The van der Waals surface area contributed by atoms with E-state index in [4.69, 9.17) is 5.73 Å². The number of aryl methyl sites for hydroxylation is 1. The molecule has 0 heterocycles. The standard InChI is InChI=1S/C12H19FN2/c1-9(8-14)5-6-15-11-3-4-12(13)10(2)7-11/h3-4,7,9,15H,5-6,8,14H2,1-2H3. The van der Waals surface area contributed by atoms with Gasteiger partial charge in [-0.25, -0.2) is 4.39 Å². The summed E-state index contributed by atoms with van der Waals surface area (Å²) in [6.45, 7) is 5.48. The number of rotatable bonds is 5. The molecule has 2 nitrogen and oxygen atoms in total. The third-order valence-electron chi connectivity index (χ3n) is 2.53. The number of anilines is 1. The Labute approximate surface area is 90.7 Å². The molecule has 0 amide bonds. The van der Waals surface area contributed by atoms with Crippen molar-refractivity contribution in [2.45, 2.75) is 20.3 Å². The molecule has 1 aromatic carbocycles. The van der Waals surface area contributed by atoms with Crippen LogP contribution in [0, 0.1) is 18.7 Å². The second-order valence-electron chi connectivity index (χ2n) is 4.02. The van der Waals surface area contributed by atoms with Crippen molar-refractivity contribution >= 4 is 5.69 Å². The molecule has 1 unspecified atom stereocenters. The predicted molar refractivity (Wildman–Crippen MR) is 62.5 cm³/mol. The first-order valence-corrected chi connectivity index (χ1v) is 5.33. The van der Waals surface area contributed by atoms with Crippen molar-refractivity contribution < 1.29 is 4.39 Å². The molecule has 84 valence electrons. The maximum absolute atomic E-state index is 13.0. The van der Waals surface area contributed by atoms with E-state index in [1.807, 2.05) is 6.07 Å². The molecule has 0 aliphatic carbocycles. The first-order valence-electron chi connectivity index (χ1n) is 5.33. The molecule has 0 aliphatic rings. The van der Waals surface area contributed by atoms with Crippen molar-refractivity contribution in [1.29, 1.82) is 0 Å². The maximum Gasteiger partial charge on any atom is 0.126 e. The van der Waals surface area contributed by atoms with Crippen molar-refractivity contribution in [3.8, 4) is 0 Å². The lowest BCUT2D eigenvalue weighted by molar-refractivity contribution is 0.561. The summed E-state index contributed by atoms with van der Waals surface area (Å²) in [4.78, 5) is 0. The fraction of sp³-hybridized carbons (Fsp3) is 0.500. The van der Waals surface area contributed by atoms with E-state index < -0.39 is 0 Å². The Bertz CT molecular complexity index is 312. The second-order valence-corrected chi connectivity index (χ2v) is 4.02. The monoisotopic (exact) mass is 210 g/mol. The molecule has 1 rings (SSSR count). The number of nitrogens with two attached hydrogens (primary N) is 1. The minimum atomic E-state index is -0.157. The summed E-state index contributed by atoms with van der Waals surface area (Å²) in [6, 6.07) is 5.07. The highest BCUT2D eigenvalue weighted by Gasteiger charge is 2.00. The highest BCUT2D eigenvalue weighted by Crippen LogP contribution is 2.13. The molecule has 0 aromatic heterocycles. The quantitative estimate of drug-likeness (QED) is 0.783. The lowest BCUT2D eigenvalue weighted by Crippen LogP contribution is -2.14. The number of hydrogen-bond acceptors (Lipinski definition) is 2. The van der Waals surface area contributed by atoms with Gasteiger partial charge in [0.15, 0.2) is 0 Å². The van der Waals surface area contributed by atoms with E-state index in [0.717, 1.165) is 18.7 Å². The smallest absolute Gasteiger partial charge is 0.126 e. The van der Waals surface area contributed by atoms with Gasteiger partial charge in [0.2, 0.25) is 0 Å². The van der Waals surface area contributed by atoms with E-state index in [1.165, 1.54) is 6.07 Å². The maximum atomic E-state index is 13.0. The van der Waals surface area contributed by atoms with Crippen LogP contribution in [0.5, 0.6) is 0 Å². The average Bonchev–Trinajstić information content (AvgIpc) is 2.23. The van der Waals surface area contributed by atoms with Gasteiger partial charge in [-0.1, -0.05) is 6.92 Å². The third kappa shape index (κ3) is 3.88. The Kier molecular flexibility index (Phi) is 4.56. The molecule has 3 heteroatoms. The molecule has 3 N–H and O–H groups in total. The van der Waals surface area contributed by atoms with Crippen LogP contribution in [0.4, 0.5) is 10.1 Å². The third-order valence-corrected chi connectivity index (χ3v) is 2.53. The van der Waals surface area contributed by atoms with Crippen LogP contribution in [0.1, 0.15) is 18.9 Å². The molecular formula is C12H19FN2. The topological polar surface area (TPSA) is 38.0 Å². The van der Waals surface area contributed by atoms with E-state index in [-0.39, 0.29) is 5.82 Å². The van der Waals surface area contributed by atoms with Gasteiger partial charge in [-0.3, -0.25) is 0 Å². The van der Waals surface area contributed by atoms with Crippen LogP contribution in [0.15, 0.2) is 18.2 Å². The fourth-order valence-electron chi connectivity index (χ4n) is 1.34. The zero-order chi connectivity index (χ0) is 11.3. The SMILES string of the molecule is Cc1cc(NCCC(C)CN)ccc1F. The summed E-state index contributed by atoms with van der Waals surface area (Å²) < 4.78 is 13.0. The van der Waals surface area contributed by atoms with Gasteiger partial charge in [-0.15, -0.1) is 0 Å². The number of hydrogen-bond donors (Lipinski definition) is 2. The van der Waals surface area contributed by atoms with Gasteiger partial charge in [-0.05, 0) is 49.6 Å². The lowest BCUT2D eigenvalue weighted by Gasteiger charge is -2.10. The molecule has 0 spiro atoms.